The van der Waals surface area contributed by atoms with Crippen LogP contribution in [0.2, 0.25) is 0 Å². The second kappa shape index (κ2) is 8.29. The second-order valence-electron chi connectivity index (χ2n) is 9.26. The van der Waals surface area contributed by atoms with Crippen molar-refractivity contribution >= 4 is 11.8 Å². The van der Waals surface area contributed by atoms with E-state index in [1.807, 2.05) is 0 Å². The Morgan fingerprint density at radius 3 is 2.30 bits per heavy atom. The molecule has 0 spiro atoms. The number of alkyl halides is 5. The van der Waals surface area contributed by atoms with Crippen molar-refractivity contribution in [2.24, 2.45) is 0 Å². The SMILES string of the molecule is Cc1ccc(CC(=O)C2(c3ccc4c(c3)OC(F)(F)O4)CC2)cc1-c1cc(C(=O)O)cc(C(F)(F)F)c1. The standard InChI is InChI=1S/C27H19F5O5/c1-14-2-3-15(8-20(14)16-10-17(24(34)35)12-19(11-16)26(28,29)30)9-23(33)25(6-7-25)18-4-5-21-22(13-18)37-27(31,32)36-21/h2-5,8,10-13H,6-7,9H2,1H3,(H,34,35). The lowest BCUT2D eigenvalue weighted by Gasteiger charge is -2.17. The van der Waals surface area contributed by atoms with Crippen LogP contribution in [0.4, 0.5) is 22.0 Å². The van der Waals surface area contributed by atoms with Crippen molar-refractivity contribution in [1.29, 1.82) is 0 Å². The largest absolute Gasteiger partial charge is 0.586 e. The topological polar surface area (TPSA) is 72.8 Å². The summed E-state index contributed by atoms with van der Waals surface area (Å²) in [5.41, 5.74) is -0.388. The van der Waals surface area contributed by atoms with Crippen molar-refractivity contribution in [1.82, 2.24) is 0 Å². The third-order valence-corrected chi connectivity index (χ3v) is 6.72. The summed E-state index contributed by atoms with van der Waals surface area (Å²) in [7, 11) is 0. The predicted molar refractivity (Wildman–Crippen MR) is 121 cm³/mol. The van der Waals surface area contributed by atoms with E-state index in [0.29, 0.717) is 41.2 Å². The molecule has 5 nitrogen and oxygen atoms in total. The lowest BCUT2D eigenvalue weighted by atomic mass is 9.86. The van der Waals surface area contributed by atoms with E-state index in [9.17, 15) is 36.6 Å². The Hall–Kier alpha value is -3.95. The third-order valence-electron chi connectivity index (χ3n) is 6.72. The Morgan fingerprint density at radius 2 is 1.65 bits per heavy atom. The van der Waals surface area contributed by atoms with Gasteiger partial charge < -0.3 is 14.6 Å². The molecule has 3 aromatic carbocycles. The fourth-order valence-corrected chi connectivity index (χ4v) is 4.62. The van der Waals surface area contributed by atoms with Crippen molar-refractivity contribution in [3.8, 4) is 22.6 Å². The monoisotopic (exact) mass is 518 g/mol. The minimum atomic E-state index is -4.74. The second-order valence-corrected chi connectivity index (χ2v) is 9.26. The normalized spacial score (nSPS) is 16.9. The van der Waals surface area contributed by atoms with Crippen LogP contribution in [0.1, 0.15) is 45.5 Å². The Labute approximate surface area is 207 Å². The lowest BCUT2D eigenvalue weighted by molar-refractivity contribution is -0.286. The molecule has 1 aliphatic carbocycles. The summed E-state index contributed by atoms with van der Waals surface area (Å²) >= 11 is 0. The number of aromatic carboxylic acids is 1. The number of ketones is 1. The number of rotatable bonds is 6. The summed E-state index contributed by atoms with van der Waals surface area (Å²) in [6.07, 6.45) is -7.55. The van der Waals surface area contributed by atoms with Crippen LogP contribution < -0.4 is 9.47 Å². The van der Waals surface area contributed by atoms with E-state index >= 15 is 0 Å². The number of fused-ring (bicyclic) bond motifs is 1. The molecular weight excluding hydrogens is 499 g/mol. The number of carbonyl (C=O) groups excluding carboxylic acids is 1. The minimum Gasteiger partial charge on any atom is -0.478 e. The average Bonchev–Trinajstić information content (AvgIpc) is 3.56. The molecule has 5 rings (SSSR count). The first kappa shape index (κ1) is 24.7. The predicted octanol–water partition coefficient (Wildman–Crippen LogP) is 6.54. The molecule has 1 heterocycles. The van der Waals surface area contributed by atoms with Crippen LogP contribution in [0, 0.1) is 6.92 Å². The molecule has 0 radical (unpaired) electrons. The third kappa shape index (κ3) is 4.63. The Balaban J connectivity index is 1.45. The molecule has 37 heavy (non-hydrogen) atoms. The van der Waals surface area contributed by atoms with Gasteiger partial charge >= 0.3 is 18.4 Å². The number of carboxylic acids is 1. The van der Waals surface area contributed by atoms with Gasteiger partial charge in [-0.2, -0.15) is 13.2 Å². The number of aryl methyl sites for hydroxylation is 1. The zero-order valence-electron chi connectivity index (χ0n) is 19.3. The summed E-state index contributed by atoms with van der Waals surface area (Å²) in [6, 6.07) is 11.8. The molecule has 3 aromatic rings. The van der Waals surface area contributed by atoms with Crippen LogP contribution in [0.3, 0.4) is 0 Å². The van der Waals surface area contributed by atoms with E-state index in [0.717, 1.165) is 12.1 Å². The van der Waals surface area contributed by atoms with E-state index in [4.69, 9.17) is 0 Å². The van der Waals surface area contributed by atoms with Gasteiger partial charge in [0.15, 0.2) is 11.5 Å². The highest BCUT2D eigenvalue weighted by molar-refractivity contribution is 5.95. The maximum Gasteiger partial charge on any atom is 0.586 e. The Bertz CT molecular complexity index is 1440. The van der Waals surface area contributed by atoms with Crippen LogP contribution in [0.15, 0.2) is 54.6 Å². The zero-order chi connectivity index (χ0) is 26.8. The highest BCUT2D eigenvalue weighted by Gasteiger charge is 2.52. The molecular formula is C27H19F5O5. The maximum absolute atomic E-state index is 13.4. The van der Waals surface area contributed by atoms with Gasteiger partial charge in [0.2, 0.25) is 0 Å². The number of hydrogen-bond donors (Lipinski definition) is 1. The highest BCUT2D eigenvalue weighted by atomic mass is 19.4. The minimum absolute atomic E-state index is 0.0529. The molecule has 0 unspecified atom stereocenters. The summed E-state index contributed by atoms with van der Waals surface area (Å²) in [6.45, 7) is 1.67. The molecule has 1 aliphatic heterocycles. The van der Waals surface area contributed by atoms with Crippen molar-refractivity contribution < 1.29 is 46.1 Å². The fourth-order valence-electron chi connectivity index (χ4n) is 4.62. The fraction of sp³-hybridized carbons (Fsp3) is 0.259. The van der Waals surface area contributed by atoms with Crippen LogP contribution in [-0.2, 0) is 22.8 Å². The van der Waals surface area contributed by atoms with Gasteiger partial charge in [0.1, 0.15) is 5.78 Å². The van der Waals surface area contributed by atoms with Crippen LogP contribution in [0.5, 0.6) is 11.5 Å². The first-order chi connectivity index (χ1) is 17.3. The van der Waals surface area contributed by atoms with Gasteiger partial charge in [0.05, 0.1) is 16.5 Å². The number of benzene rings is 3. The van der Waals surface area contributed by atoms with E-state index < -0.39 is 35.0 Å². The van der Waals surface area contributed by atoms with Gasteiger partial charge in [-0.3, -0.25) is 4.79 Å². The van der Waals surface area contributed by atoms with E-state index in [1.165, 1.54) is 12.1 Å². The lowest BCUT2D eigenvalue weighted by Crippen LogP contribution is -2.26. The summed E-state index contributed by atoms with van der Waals surface area (Å²) in [5, 5.41) is 9.31. The molecule has 1 saturated carbocycles. The van der Waals surface area contributed by atoms with Gasteiger partial charge in [-0.25, -0.2) is 4.79 Å². The molecule has 0 amide bonds. The smallest absolute Gasteiger partial charge is 0.478 e. The van der Waals surface area contributed by atoms with Crippen LogP contribution in [0.25, 0.3) is 11.1 Å². The summed E-state index contributed by atoms with van der Waals surface area (Å²) < 4.78 is 75.9. The molecule has 0 saturated heterocycles. The van der Waals surface area contributed by atoms with Crippen molar-refractivity contribution in [2.75, 3.05) is 0 Å². The van der Waals surface area contributed by atoms with Gasteiger partial charge in [0, 0.05) is 6.42 Å². The molecule has 1 fully saturated rings. The molecule has 1 N–H and O–H groups in total. The van der Waals surface area contributed by atoms with Crippen molar-refractivity contribution in [3.05, 3.63) is 82.4 Å². The van der Waals surface area contributed by atoms with Gasteiger partial charge in [-0.15, -0.1) is 8.78 Å². The molecule has 0 atom stereocenters. The molecule has 0 aromatic heterocycles. The van der Waals surface area contributed by atoms with E-state index in [2.05, 4.69) is 9.47 Å². The number of hydrogen-bond acceptors (Lipinski definition) is 4. The molecule has 2 aliphatic rings. The number of ether oxygens (including phenoxy) is 2. The summed E-state index contributed by atoms with van der Waals surface area (Å²) in [5.74, 6) is -1.95. The number of carbonyl (C=O) groups is 2. The van der Waals surface area contributed by atoms with Crippen molar-refractivity contribution in [3.63, 3.8) is 0 Å². The number of Topliss-reactive ketones (excluding diaryl/α,β-unsaturated/α-hetero) is 1. The van der Waals surface area contributed by atoms with E-state index in [-0.39, 0.29) is 29.3 Å². The number of carboxylic acid groups (broad SMARTS) is 1. The molecule has 0 bridgehead atoms. The first-order valence-corrected chi connectivity index (χ1v) is 11.3. The molecule has 10 heteroatoms. The zero-order valence-corrected chi connectivity index (χ0v) is 19.3. The highest BCUT2D eigenvalue weighted by Crippen LogP contribution is 2.52. The number of halogens is 5. The van der Waals surface area contributed by atoms with Gasteiger partial charge in [0.25, 0.3) is 0 Å². The Morgan fingerprint density at radius 1 is 0.946 bits per heavy atom. The first-order valence-electron chi connectivity index (χ1n) is 11.3. The quantitative estimate of drug-likeness (QED) is 0.375. The van der Waals surface area contributed by atoms with Crippen LogP contribution >= 0.6 is 0 Å². The van der Waals surface area contributed by atoms with Gasteiger partial charge in [-0.05, 0) is 77.9 Å². The van der Waals surface area contributed by atoms with E-state index in [1.54, 1.807) is 31.2 Å². The molecule has 192 valence electrons. The van der Waals surface area contributed by atoms with Crippen molar-refractivity contribution in [2.45, 2.75) is 44.1 Å². The van der Waals surface area contributed by atoms with Crippen LogP contribution in [-0.4, -0.2) is 23.2 Å². The maximum atomic E-state index is 13.4. The Kier molecular flexibility index (Phi) is 5.54. The summed E-state index contributed by atoms with van der Waals surface area (Å²) in [4.78, 5) is 24.8. The van der Waals surface area contributed by atoms with Gasteiger partial charge in [-0.1, -0.05) is 24.3 Å². The average molecular weight is 518 g/mol.